The van der Waals surface area contributed by atoms with Gasteiger partial charge < -0.3 is 15.2 Å². The van der Waals surface area contributed by atoms with Crippen molar-refractivity contribution in [3.63, 3.8) is 0 Å². The van der Waals surface area contributed by atoms with E-state index in [-0.39, 0.29) is 23.7 Å². The molecule has 0 aliphatic carbocycles. The number of carbonyl (C=O) groups is 2. The van der Waals surface area contributed by atoms with E-state index in [1.54, 1.807) is 20.8 Å². The second kappa shape index (κ2) is 11.4. The van der Waals surface area contributed by atoms with Crippen LogP contribution in [-0.2, 0) is 11.3 Å². The van der Waals surface area contributed by atoms with Crippen molar-refractivity contribution in [2.24, 2.45) is 0 Å². The highest BCUT2D eigenvalue weighted by molar-refractivity contribution is 5.76. The number of rotatable bonds is 10. The first kappa shape index (κ1) is 27.2. The van der Waals surface area contributed by atoms with Gasteiger partial charge in [-0.05, 0) is 45.4 Å². The molecule has 0 spiro atoms. The molecule has 2 N–H and O–H groups in total. The maximum absolute atomic E-state index is 14.6. The molecular formula is C22H29FN6O6. The van der Waals surface area contributed by atoms with Crippen molar-refractivity contribution in [2.45, 2.75) is 52.7 Å². The molecule has 0 bridgehead atoms. The van der Waals surface area contributed by atoms with E-state index in [4.69, 9.17) is 15.2 Å². The fourth-order valence-electron chi connectivity index (χ4n) is 2.87. The van der Waals surface area contributed by atoms with Gasteiger partial charge >= 0.3 is 17.8 Å². The molecule has 2 aromatic rings. The van der Waals surface area contributed by atoms with Crippen molar-refractivity contribution in [1.82, 2.24) is 15.0 Å². The number of anilines is 2. The molecule has 2 rings (SSSR count). The number of hydrogen-bond acceptors (Lipinski definition) is 10. The molecule has 0 aliphatic heterocycles. The number of amides is 1. The van der Waals surface area contributed by atoms with Crippen LogP contribution in [0.2, 0.25) is 0 Å². The molecule has 0 saturated carbocycles. The zero-order chi connectivity index (χ0) is 26.3. The van der Waals surface area contributed by atoms with Gasteiger partial charge in [-0.3, -0.25) is 19.9 Å². The lowest BCUT2D eigenvalue weighted by atomic mass is 10.1. The average Bonchev–Trinajstić information content (AvgIpc) is 2.76. The van der Waals surface area contributed by atoms with Gasteiger partial charge in [0.25, 0.3) is 0 Å². The van der Waals surface area contributed by atoms with E-state index >= 15 is 0 Å². The standard InChI is InChI=1S/C22H29FN6O6/c1-6-7-10-34-20-25-18(24)17(29(32)33)19(26-20)28(27(5)21(31)35-22(2,3)4)12-15-11-14(13-30)8-9-16(15)23/h8-9,11,13H,6-7,10,12H2,1-5H3,(H2,24,25,26). The fourth-order valence-corrected chi connectivity index (χ4v) is 2.87. The summed E-state index contributed by atoms with van der Waals surface area (Å²) in [5, 5.41) is 13.8. The van der Waals surface area contributed by atoms with E-state index in [1.165, 1.54) is 19.2 Å². The van der Waals surface area contributed by atoms with Crippen LogP contribution in [0.1, 0.15) is 56.5 Å². The Labute approximate surface area is 202 Å². The van der Waals surface area contributed by atoms with Crippen molar-refractivity contribution < 1.29 is 28.4 Å². The van der Waals surface area contributed by atoms with Crippen molar-refractivity contribution in [3.05, 3.63) is 45.3 Å². The minimum Gasteiger partial charge on any atom is -0.463 e. The summed E-state index contributed by atoms with van der Waals surface area (Å²) < 4.78 is 25.5. The maximum Gasteiger partial charge on any atom is 0.429 e. The Kier molecular flexibility index (Phi) is 8.87. The first-order valence-electron chi connectivity index (χ1n) is 10.8. The van der Waals surface area contributed by atoms with Gasteiger partial charge in [-0.15, -0.1) is 0 Å². The minimum atomic E-state index is -0.899. The van der Waals surface area contributed by atoms with E-state index in [2.05, 4.69) is 9.97 Å². The molecule has 190 valence electrons. The summed E-state index contributed by atoms with van der Waals surface area (Å²) in [6, 6.07) is 3.36. The van der Waals surface area contributed by atoms with Crippen LogP contribution in [0.25, 0.3) is 0 Å². The summed E-state index contributed by atoms with van der Waals surface area (Å²) in [4.78, 5) is 43.1. The second-order valence-electron chi connectivity index (χ2n) is 8.55. The number of nitro groups is 1. The van der Waals surface area contributed by atoms with Gasteiger partial charge in [-0.1, -0.05) is 13.3 Å². The molecule has 0 radical (unpaired) electrons. The molecule has 13 heteroatoms. The Morgan fingerprint density at radius 2 is 2.00 bits per heavy atom. The molecule has 0 unspecified atom stereocenters. The summed E-state index contributed by atoms with van der Waals surface area (Å²) >= 11 is 0. The third-order valence-electron chi connectivity index (χ3n) is 4.57. The fraction of sp³-hybridized carbons (Fsp3) is 0.455. The van der Waals surface area contributed by atoms with E-state index in [0.717, 1.165) is 22.5 Å². The van der Waals surface area contributed by atoms with Crippen LogP contribution in [0.4, 0.5) is 26.5 Å². The van der Waals surface area contributed by atoms with Crippen LogP contribution in [0.3, 0.4) is 0 Å². The highest BCUT2D eigenvalue weighted by Crippen LogP contribution is 2.35. The molecule has 0 saturated heterocycles. The van der Waals surface area contributed by atoms with Crippen LogP contribution >= 0.6 is 0 Å². The van der Waals surface area contributed by atoms with E-state index in [9.17, 15) is 24.1 Å². The van der Waals surface area contributed by atoms with E-state index in [0.29, 0.717) is 12.7 Å². The summed E-state index contributed by atoms with van der Waals surface area (Å²) in [7, 11) is 1.27. The number of hydrogen-bond donors (Lipinski definition) is 1. The molecule has 12 nitrogen and oxygen atoms in total. The van der Waals surface area contributed by atoms with Gasteiger partial charge in [0.2, 0.25) is 11.6 Å². The quantitative estimate of drug-likeness (QED) is 0.223. The zero-order valence-corrected chi connectivity index (χ0v) is 20.3. The second-order valence-corrected chi connectivity index (χ2v) is 8.55. The number of aromatic nitrogens is 2. The summed E-state index contributed by atoms with van der Waals surface area (Å²) in [5.41, 5.74) is 4.38. The Balaban J connectivity index is 2.67. The van der Waals surface area contributed by atoms with Crippen LogP contribution in [0, 0.1) is 15.9 Å². The number of unbranched alkanes of at least 4 members (excludes halogenated alkanes) is 1. The summed E-state index contributed by atoms with van der Waals surface area (Å²) in [6.45, 7) is 6.66. The number of hydrazine groups is 1. The van der Waals surface area contributed by atoms with Gasteiger partial charge in [0.05, 0.1) is 18.1 Å². The molecular weight excluding hydrogens is 463 g/mol. The molecule has 1 heterocycles. The normalized spacial score (nSPS) is 11.0. The number of ether oxygens (including phenoxy) is 2. The van der Waals surface area contributed by atoms with Gasteiger partial charge in [0.15, 0.2) is 0 Å². The lowest BCUT2D eigenvalue weighted by Crippen LogP contribution is -2.46. The largest absolute Gasteiger partial charge is 0.463 e. The lowest BCUT2D eigenvalue weighted by molar-refractivity contribution is -0.383. The van der Waals surface area contributed by atoms with Gasteiger partial charge in [0.1, 0.15) is 17.7 Å². The average molecular weight is 493 g/mol. The molecule has 1 amide bonds. The van der Waals surface area contributed by atoms with Gasteiger partial charge in [-0.25, -0.2) is 14.2 Å². The predicted octanol–water partition coefficient (Wildman–Crippen LogP) is 3.89. The topological polar surface area (TPSA) is 154 Å². The van der Waals surface area contributed by atoms with E-state index < -0.39 is 46.3 Å². The van der Waals surface area contributed by atoms with E-state index in [1.807, 2.05) is 6.92 Å². The third kappa shape index (κ3) is 7.22. The van der Waals surface area contributed by atoms with Gasteiger partial charge in [0, 0.05) is 18.2 Å². The Morgan fingerprint density at radius 3 is 2.57 bits per heavy atom. The molecule has 0 aliphatic rings. The molecule has 0 atom stereocenters. The SMILES string of the molecule is CCCCOc1nc(N)c([N+](=O)[O-])c(N(Cc2cc(C=O)ccc2F)N(C)C(=O)OC(C)(C)C)n1. The van der Waals surface area contributed by atoms with Crippen LogP contribution in [0.15, 0.2) is 18.2 Å². The van der Waals surface area contributed by atoms with Crippen LogP contribution < -0.4 is 15.5 Å². The zero-order valence-electron chi connectivity index (χ0n) is 20.3. The maximum atomic E-state index is 14.6. The van der Waals surface area contributed by atoms with Crippen LogP contribution in [0.5, 0.6) is 6.01 Å². The number of halogens is 1. The smallest absolute Gasteiger partial charge is 0.429 e. The molecule has 1 aromatic carbocycles. The van der Waals surface area contributed by atoms with Crippen molar-refractivity contribution in [2.75, 3.05) is 24.4 Å². The predicted molar refractivity (Wildman–Crippen MR) is 125 cm³/mol. The minimum absolute atomic E-state index is 0.0371. The van der Waals surface area contributed by atoms with Crippen molar-refractivity contribution in [3.8, 4) is 6.01 Å². The highest BCUT2D eigenvalue weighted by Gasteiger charge is 2.34. The molecule has 0 fully saturated rings. The molecule has 1 aromatic heterocycles. The number of nitrogen functional groups attached to an aromatic ring is 1. The third-order valence-corrected chi connectivity index (χ3v) is 4.57. The monoisotopic (exact) mass is 492 g/mol. The van der Waals surface area contributed by atoms with Crippen molar-refractivity contribution >= 4 is 29.7 Å². The van der Waals surface area contributed by atoms with Crippen LogP contribution in [-0.4, -0.2) is 51.5 Å². The highest BCUT2D eigenvalue weighted by atomic mass is 19.1. The lowest BCUT2D eigenvalue weighted by Gasteiger charge is -2.34. The van der Waals surface area contributed by atoms with Crippen molar-refractivity contribution in [1.29, 1.82) is 0 Å². The Bertz CT molecular complexity index is 1090. The number of carbonyl (C=O) groups excluding carboxylic acids is 2. The first-order chi connectivity index (χ1) is 16.4. The molecule has 35 heavy (non-hydrogen) atoms. The number of nitrogens with zero attached hydrogens (tertiary/aromatic N) is 5. The number of benzene rings is 1. The summed E-state index contributed by atoms with van der Waals surface area (Å²) in [5.74, 6) is -1.63. The summed E-state index contributed by atoms with van der Waals surface area (Å²) in [6.07, 6.45) is 1.11. The number of aldehydes is 1. The van der Waals surface area contributed by atoms with Gasteiger partial charge in [-0.2, -0.15) is 9.97 Å². The Morgan fingerprint density at radius 1 is 1.31 bits per heavy atom. The number of nitrogens with two attached hydrogens (primary N) is 1. The first-order valence-corrected chi connectivity index (χ1v) is 10.8. The Hall–Kier alpha value is -4.03.